The molecule has 1 heterocycles. The van der Waals surface area contributed by atoms with E-state index in [0.29, 0.717) is 37.2 Å². The second-order valence-corrected chi connectivity index (χ2v) is 7.89. The Morgan fingerprint density at radius 3 is 2.35 bits per heavy atom. The summed E-state index contributed by atoms with van der Waals surface area (Å²) < 4.78 is 5.13. The number of urea groups is 1. The number of ketones is 1. The van der Waals surface area contributed by atoms with Crippen LogP contribution in [0.4, 0.5) is 10.5 Å². The molecule has 0 unspecified atom stereocenters. The molecule has 1 fully saturated rings. The van der Waals surface area contributed by atoms with Gasteiger partial charge in [0.2, 0.25) is 5.91 Å². The number of aryl methyl sites for hydroxylation is 1. The molecule has 3 amide bonds. The zero-order valence-electron chi connectivity index (χ0n) is 18.2. The van der Waals surface area contributed by atoms with Crippen LogP contribution in [0, 0.1) is 19.8 Å². The van der Waals surface area contributed by atoms with Crippen molar-refractivity contribution in [2.24, 2.45) is 5.92 Å². The quantitative estimate of drug-likeness (QED) is 0.694. The first-order chi connectivity index (χ1) is 14.9. The lowest BCUT2D eigenvalue weighted by molar-refractivity contribution is -0.121. The van der Waals surface area contributed by atoms with E-state index >= 15 is 0 Å². The van der Waals surface area contributed by atoms with Gasteiger partial charge in [-0.05, 0) is 81.2 Å². The van der Waals surface area contributed by atoms with Crippen molar-refractivity contribution in [1.29, 1.82) is 0 Å². The highest BCUT2D eigenvalue weighted by Crippen LogP contribution is 2.23. The minimum atomic E-state index is -0.539. The van der Waals surface area contributed by atoms with Crippen LogP contribution in [0.15, 0.2) is 42.5 Å². The largest absolute Gasteiger partial charge is 0.497 e. The van der Waals surface area contributed by atoms with Crippen LogP contribution in [0.25, 0.3) is 0 Å². The maximum absolute atomic E-state index is 12.7. The summed E-state index contributed by atoms with van der Waals surface area (Å²) in [6.45, 7) is 5.29. The minimum absolute atomic E-state index is 0.0553. The number of carbonyl (C=O) groups is 3. The van der Waals surface area contributed by atoms with Gasteiger partial charge >= 0.3 is 6.03 Å². The minimum Gasteiger partial charge on any atom is -0.497 e. The predicted molar refractivity (Wildman–Crippen MR) is 120 cm³/mol. The van der Waals surface area contributed by atoms with Gasteiger partial charge in [-0.3, -0.25) is 19.8 Å². The Bertz CT molecular complexity index is 948. The number of methoxy groups -OCH3 is 1. The Morgan fingerprint density at radius 1 is 1.03 bits per heavy atom. The molecule has 2 N–H and O–H groups in total. The van der Waals surface area contributed by atoms with E-state index < -0.39 is 6.03 Å². The Labute approximate surface area is 182 Å². The number of nitrogens with one attached hydrogen (secondary N) is 2. The molecule has 1 saturated heterocycles. The number of carbonyl (C=O) groups excluding carboxylic acids is 3. The van der Waals surface area contributed by atoms with Gasteiger partial charge in [0.15, 0.2) is 5.78 Å². The summed E-state index contributed by atoms with van der Waals surface area (Å²) >= 11 is 0. The summed E-state index contributed by atoms with van der Waals surface area (Å²) in [6, 6.07) is 12.2. The molecule has 0 radical (unpaired) electrons. The highest BCUT2D eigenvalue weighted by atomic mass is 16.5. The summed E-state index contributed by atoms with van der Waals surface area (Å²) in [7, 11) is 1.59. The van der Waals surface area contributed by atoms with E-state index in [1.807, 2.05) is 30.9 Å². The molecule has 7 heteroatoms. The Balaban J connectivity index is 1.44. The van der Waals surface area contributed by atoms with Gasteiger partial charge in [-0.15, -0.1) is 0 Å². The number of hydrogen-bond donors (Lipinski definition) is 2. The summed E-state index contributed by atoms with van der Waals surface area (Å²) in [5.74, 6) is 0.432. The average Bonchev–Trinajstić information content (AvgIpc) is 2.77. The number of imide groups is 1. The van der Waals surface area contributed by atoms with Crippen LogP contribution in [0.5, 0.6) is 5.75 Å². The fraction of sp³-hybridized carbons (Fsp3) is 0.375. The number of Topliss-reactive ketones (excluding diaryl/α,β-unsaturated/α-hetero) is 1. The lowest BCUT2D eigenvalue weighted by atomic mass is 9.89. The smallest absolute Gasteiger partial charge is 0.325 e. The number of amides is 3. The van der Waals surface area contributed by atoms with Crippen LogP contribution in [0.2, 0.25) is 0 Å². The number of piperidine rings is 1. The number of anilines is 1. The van der Waals surface area contributed by atoms with Crippen molar-refractivity contribution < 1.29 is 19.1 Å². The van der Waals surface area contributed by atoms with Crippen molar-refractivity contribution in [2.45, 2.75) is 26.7 Å². The van der Waals surface area contributed by atoms with Crippen molar-refractivity contribution in [3.05, 3.63) is 59.2 Å². The standard InChI is InChI=1S/C24H29N3O4/c1-16-5-4-6-21(17(16)2)25-24(30)26-22(28)15-27-13-11-19(12-14-27)23(29)18-7-9-20(31-3)10-8-18/h4-10,19H,11-15H2,1-3H3,(H2,25,26,28,30). The maximum Gasteiger partial charge on any atom is 0.325 e. The van der Waals surface area contributed by atoms with E-state index in [4.69, 9.17) is 4.74 Å². The van der Waals surface area contributed by atoms with E-state index in [9.17, 15) is 14.4 Å². The molecule has 3 rings (SSSR count). The Kier molecular flexibility index (Phi) is 7.41. The molecular weight excluding hydrogens is 394 g/mol. The molecule has 2 aromatic carbocycles. The second-order valence-electron chi connectivity index (χ2n) is 7.89. The van der Waals surface area contributed by atoms with E-state index in [2.05, 4.69) is 10.6 Å². The van der Waals surface area contributed by atoms with E-state index in [1.54, 1.807) is 37.4 Å². The monoisotopic (exact) mass is 423 g/mol. The van der Waals surface area contributed by atoms with Gasteiger partial charge in [0.25, 0.3) is 0 Å². The van der Waals surface area contributed by atoms with Crippen molar-refractivity contribution in [3.63, 3.8) is 0 Å². The van der Waals surface area contributed by atoms with Crippen molar-refractivity contribution in [1.82, 2.24) is 10.2 Å². The third-order valence-electron chi connectivity index (χ3n) is 5.81. The van der Waals surface area contributed by atoms with E-state index in [0.717, 1.165) is 16.9 Å². The topological polar surface area (TPSA) is 87.7 Å². The molecule has 164 valence electrons. The number of ether oxygens (including phenoxy) is 1. The molecule has 7 nitrogen and oxygen atoms in total. The Hall–Kier alpha value is -3.19. The van der Waals surface area contributed by atoms with Gasteiger partial charge in [-0.25, -0.2) is 4.79 Å². The van der Waals surface area contributed by atoms with Crippen LogP contribution in [-0.4, -0.2) is 49.4 Å². The molecule has 0 atom stereocenters. The fourth-order valence-electron chi connectivity index (χ4n) is 3.75. The van der Waals surface area contributed by atoms with Crippen molar-refractivity contribution in [3.8, 4) is 5.75 Å². The third kappa shape index (κ3) is 5.92. The number of hydrogen-bond acceptors (Lipinski definition) is 5. The van der Waals surface area contributed by atoms with Gasteiger partial charge < -0.3 is 10.1 Å². The summed E-state index contributed by atoms with van der Waals surface area (Å²) in [5.41, 5.74) is 3.40. The van der Waals surface area contributed by atoms with Crippen LogP contribution in [0.3, 0.4) is 0 Å². The predicted octanol–water partition coefficient (Wildman–Crippen LogP) is 3.56. The summed E-state index contributed by atoms with van der Waals surface area (Å²) in [5, 5.41) is 5.11. The van der Waals surface area contributed by atoms with Crippen molar-refractivity contribution >= 4 is 23.4 Å². The number of benzene rings is 2. The number of nitrogens with zero attached hydrogens (tertiary/aromatic N) is 1. The molecule has 1 aliphatic rings. The first-order valence-corrected chi connectivity index (χ1v) is 10.4. The molecule has 0 saturated carbocycles. The lowest BCUT2D eigenvalue weighted by Crippen LogP contribution is -2.45. The zero-order chi connectivity index (χ0) is 22.4. The highest BCUT2D eigenvalue weighted by Gasteiger charge is 2.27. The Morgan fingerprint density at radius 2 is 1.71 bits per heavy atom. The molecule has 1 aliphatic heterocycles. The highest BCUT2D eigenvalue weighted by molar-refractivity contribution is 6.02. The first-order valence-electron chi connectivity index (χ1n) is 10.4. The van der Waals surface area contributed by atoms with Gasteiger partial charge in [0.05, 0.1) is 13.7 Å². The summed E-state index contributed by atoms with van der Waals surface area (Å²) in [4.78, 5) is 39.1. The fourth-order valence-corrected chi connectivity index (χ4v) is 3.75. The van der Waals surface area contributed by atoms with E-state index in [-0.39, 0.29) is 24.2 Å². The molecule has 0 aliphatic carbocycles. The van der Waals surface area contributed by atoms with Gasteiger partial charge in [-0.2, -0.15) is 0 Å². The molecule has 31 heavy (non-hydrogen) atoms. The van der Waals surface area contributed by atoms with Crippen molar-refractivity contribution in [2.75, 3.05) is 32.1 Å². The normalized spacial score (nSPS) is 14.7. The summed E-state index contributed by atoms with van der Waals surface area (Å²) in [6.07, 6.45) is 1.37. The second kappa shape index (κ2) is 10.2. The molecule has 0 spiro atoms. The third-order valence-corrected chi connectivity index (χ3v) is 5.81. The zero-order valence-corrected chi connectivity index (χ0v) is 18.2. The van der Waals surface area contributed by atoms with Gasteiger partial charge in [0, 0.05) is 17.2 Å². The van der Waals surface area contributed by atoms with Gasteiger partial charge in [0.1, 0.15) is 5.75 Å². The number of likely N-dealkylation sites (tertiary alicyclic amines) is 1. The number of rotatable bonds is 6. The molecule has 0 bridgehead atoms. The van der Waals surface area contributed by atoms with Crippen LogP contribution < -0.4 is 15.4 Å². The molecule has 2 aromatic rings. The average molecular weight is 424 g/mol. The van der Waals surface area contributed by atoms with E-state index in [1.165, 1.54) is 0 Å². The van der Waals surface area contributed by atoms with Crippen LogP contribution in [-0.2, 0) is 4.79 Å². The first kappa shape index (κ1) is 22.5. The van der Waals surface area contributed by atoms with Crippen LogP contribution >= 0.6 is 0 Å². The molecule has 0 aromatic heterocycles. The SMILES string of the molecule is COc1ccc(C(=O)C2CCN(CC(=O)NC(=O)Nc3cccc(C)c3C)CC2)cc1. The van der Waals surface area contributed by atoms with Crippen LogP contribution in [0.1, 0.15) is 34.3 Å². The lowest BCUT2D eigenvalue weighted by Gasteiger charge is -2.30. The molecular formula is C24H29N3O4. The van der Waals surface area contributed by atoms with Gasteiger partial charge in [-0.1, -0.05) is 12.1 Å². The maximum atomic E-state index is 12.7.